The zero-order valence-electron chi connectivity index (χ0n) is 10.4. The van der Waals surface area contributed by atoms with E-state index in [9.17, 15) is 4.79 Å². The van der Waals surface area contributed by atoms with Gasteiger partial charge in [0.05, 0.1) is 5.56 Å². The predicted octanol–water partition coefficient (Wildman–Crippen LogP) is 2.64. The lowest BCUT2D eigenvalue weighted by atomic mass is 10.1. The van der Waals surface area contributed by atoms with Crippen LogP contribution in [0.25, 0.3) is 0 Å². The Morgan fingerprint density at radius 1 is 1.47 bits per heavy atom. The number of benzene rings is 1. The highest BCUT2D eigenvalue weighted by atomic mass is 32.1. The van der Waals surface area contributed by atoms with Crippen molar-refractivity contribution in [1.82, 2.24) is 0 Å². The van der Waals surface area contributed by atoms with Gasteiger partial charge in [-0.2, -0.15) is 5.26 Å². The third-order valence-corrected chi connectivity index (χ3v) is 3.68. The van der Waals surface area contributed by atoms with Crippen LogP contribution in [0.3, 0.4) is 0 Å². The summed E-state index contributed by atoms with van der Waals surface area (Å²) in [5, 5.41) is 13.9. The fourth-order valence-corrected chi connectivity index (χ4v) is 2.48. The zero-order valence-corrected chi connectivity index (χ0v) is 11.3. The van der Waals surface area contributed by atoms with E-state index in [0.717, 1.165) is 16.1 Å². The van der Waals surface area contributed by atoms with Crippen molar-refractivity contribution < 1.29 is 4.79 Å². The van der Waals surface area contributed by atoms with Crippen LogP contribution in [-0.4, -0.2) is 5.91 Å². The molecule has 0 aliphatic heterocycles. The maximum atomic E-state index is 11.1. The van der Waals surface area contributed by atoms with Gasteiger partial charge in [-0.3, -0.25) is 4.79 Å². The van der Waals surface area contributed by atoms with Crippen molar-refractivity contribution in [2.24, 2.45) is 5.73 Å². The fraction of sp³-hybridized carbons (Fsp3) is 0.143. The molecule has 0 radical (unpaired) electrons. The van der Waals surface area contributed by atoms with E-state index in [0.29, 0.717) is 17.7 Å². The van der Waals surface area contributed by atoms with E-state index in [-0.39, 0.29) is 0 Å². The molecule has 0 saturated heterocycles. The Kier molecular flexibility index (Phi) is 3.83. The molecule has 0 bridgehead atoms. The number of nitriles is 1. The molecule has 3 N–H and O–H groups in total. The minimum Gasteiger partial charge on any atom is -0.380 e. The first kappa shape index (κ1) is 13.1. The zero-order chi connectivity index (χ0) is 13.8. The first-order valence-electron chi connectivity index (χ1n) is 5.72. The van der Waals surface area contributed by atoms with Gasteiger partial charge in [0.15, 0.2) is 0 Å². The lowest BCUT2D eigenvalue weighted by Crippen LogP contribution is -2.11. The summed E-state index contributed by atoms with van der Waals surface area (Å²) in [6.45, 7) is 2.58. The van der Waals surface area contributed by atoms with E-state index >= 15 is 0 Å². The van der Waals surface area contributed by atoms with Gasteiger partial charge in [0.2, 0.25) is 5.91 Å². The highest BCUT2D eigenvalue weighted by Gasteiger charge is 2.05. The van der Waals surface area contributed by atoms with Crippen LogP contribution in [0.2, 0.25) is 0 Å². The van der Waals surface area contributed by atoms with E-state index in [2.05, 4.69) is 11.4 Å². The molecule has 2 rings (SSSR count). The van der Waals surface area contributed by atoms with Crippen molar-refractivity contribution in [3.8, 4) is 6.07 Å². The predicted molar refractivity (Wildman–Crippen MR) is 76.1 cm³/mol. The number of anilines is 1. The monoisotopic (exact) mass is 271 g/mol. The summed E-state index contributed by atoms with van der Waals surface area (Å²) in [5.41, 5.74) is 8.34. The summed E-state index contributed by atoms with van der Waals surface area (Å²) in [6.07, 6.45) is 0. The number of amides is 1. The summed E-state index contributed by atoms with van der Waals surface area (Å²) in [6, 6.07) is 9.28. The Balaban J connectivity index is 2.07. The maximum Gasteiger partial charge on any atom is 0.248 e. The van der Waals surface area contributed by atoms with Gasteiger partial charge in [-0.1, -0.05) is 0 Å². The molecule has 1 amide bonds. The number of hydrogen-bond donors (Lipinski definition) is 2. The summed E-state index contributed by atoms with van der Waals surface area (Å²) in [7, 11) is 0. The molecule has 0 aliphatic rings. The SMILES string of the molecule is Cc1cc(C(N)=O)ccc1NCc1cc(C#N)cs1. The van der Waals surface area contributed by atoms with Crippen LogP contribution in [0.5, 0.6) is 0 Å². The molecule has 1 aromatic heterocycles. The van der Waals surface area contributed by atoms with E-state index in [1.807, 2.05) is 24.4 Å². The summed E-state index contributed by atoms with van der Waals surface area (Å²) >= 11 is 1.55. The largest absolute Gasteiger partial charge is 0.380 e. The summed E-state index contributed by atoms with van der Waals surface area (Å²) in [4.78, 5) is 12.1. The van der Waals surface area contributed by atoms with Crippen LogP contribution in [0.15, 0.2) is 29.6 Å². The lowest BCUT2D eigenvalue weighted by Gasteiger charge is -2.09. The van der Waals surface area contributed by atoms with Crippen LogP contribution >= 0.6 is 11.3 Å². The van der Waals surface area contributed by atoms with Gasteiger partial charge < -0.3 is 11.1 Å². The Bertz CT molecular complexity index is 655. The number of aryl methyl sites for hydroxylation is 1. The smallest absolute Gasteiger partial charge is 0.248 e. The molecule has 19 heavy (non-hydrogen) atoms. The Morgan fingerprint density at radius 3 is 2.84 bits per heavy atom. The molecule has 0 spiro atoms. The van der Waals surface area contributed by atoms with Crippen molar-refractivity contribution >= 4 is 22.9 Å². The highest BCUT2D eigenvalue weighted by molar-refractivity contribution is 7.10. The number of nitrogens with one attached hydrogen (secondary N) is 1. The van der Waals surface area contributed by atoms with E-state index in [1.165, 1.54) is 0 Å². The van der Waals surface area contributed by atoms with Crippen LogP contribution in [-0.2, 0) is 6.54 Å². The number of primary amides is 1. The highest BCUT2D eigenvalue weighted by Crippen LogP contribution is 2.19. The molecule has 96 valence electrons. The van der Waals surface area contributed by atoms with Gasteiger partial charge in [-0.25, -0.2) is 0 Å². The van der Waals surface area contributed by atoms with Crippen molar-refractivity contribution in [2.45, 2.75) is 13.5 Å². The molecular weight excluding hydrogens is 258 g/mol. The minimum absolute atomic E-state index is 0.424. The molecule has 4 nitrogen and oxygen atoms in total. The van der Waals surface area contributed by atoms with Crippen LogP contribution in [0.4, 0.5) is 5.69 Å². The molecule has 0 atom stereocenters. The van der Waals surface area contributed by atoms with Gasteiger partial charge in [0, 0.05) is 28.1 Å². The molecule has 1 heterocycles. The molecule has 0 aliphatic carbocycles. The number of thiophene rings is 1. The molecule has 0 saturated carbocycles. The normalized spacial score (nSPS) is 9.89. The second-order valence-electron chi connectivity index (χ2n) is 4.16. The second kappa shape index (κ2) is 5.55. The number of nitrogens with two attached hydrogens (primary N) is 1. The molecule has 5 heteroatoms. The first-order valence-corrected chi connectivity index (χ1v) is 6.60. The number of carbonyl (C=O) groups is 1. The maximum absolute atomic E-state index is 11.1. The van der Waals surface area contributed by atoms with Crippen LogP contribution in [0, 0.1) is 18.3 Å². The first-order chi connectivity index (χ1) is 9.10. The number of carbonyl (C=O) groups excluding carboxylic acids is 1. The molecule has 0 unspecified atom stereocenters. The van der Waals surface area contributed by atoms with Crippen molar-refractivity contribution in [1.29, 1.82) is 5.26 Å². The van der Waals surface area contributed by atoms with Gasteiger partial charge in [-0.15, -0.1) is 11.3 Å². The van der Waals surface area contributed by atoms with E-state index in [1.54, 1.807) is 23.5 Å². The van der Waals surface area contributed by atoms with Crippen molar-refractivity contribution in [2.75, 3.05) is 5.32 Å². The van der Waals surface area contributed by atoms with E-state index in [4.69, 9.17) is 11.0 Å². The Morgan fingerprint density at radius 2 is 2.26 bits per heavy atom. The third-order valence-electron chi connectivity index (χ3n) is 2.75. The van der Waals surface area contributed by atoms with Crippen molar-refractivity contribution in [3.05, 3.63) is 51.2 Å². The number of rotatable bonds is 4. The molecule has 0 fully saturated rings. The van der Waals surface area contributed by atoms with Gasteiger partial charge in [-0.05, 0) is 36.8 Å². The second-order valence-corrected chi connectivity index (χ2v) is 5.16. The number of nitrogens with zero attached hydrogens (tertiary/aromatic N) is 1. The topological polar surface area (TPSA) is 78.9 Å². The Hall–Kier alpha value is -2.32. The van der Waals surface area contributed by atoms with E-state index < -0.39 is 5.91 Å². The van der Waals surface area contributed by atoms with Crippen LogP contribution in [0.1, 0.15) is 26.4 Å². The Labute approximate surface area is 115 Å². The minimum atomic E-state index is -0.424. The average molecular weight is 271 g/mol. The van der Waals surface area contributed by atoms with Gasteiger partial charge in [0.25, 0.3) is 0 Å². The molecule has 1 aromatic carbocycles. The van der Waals surface area contributed by atoms with Gasteiger partial charge in [0.1, 0.15) is 6.07 Å². The summed E-state index contributed by atoms with van der Waals surface area (Å²) in [5.74, 6) is -0.424. The summed E-state index contributed by atoms with van der Waals surface area (Å²) < 4.78 is 0. The number of hydrogen-bond acceptors (Lipinski definition) is 4. The lowest BCUT2D eigenvalue weighted by molar-refractivity contribution is 0.1000. The third kappa shape index (κ3) is 3.12. The van der Waals surface area contributed by atoms with Gasteiger partial charge >= 0.3 is 0 Å². The molecular formula is C14H13N3OS. The standard InChI is InChI=1S/C14H13N3OS/c1-9-4-11(14(16)18)2-3-13(9)17-7-12-5-10(6-15)8-19-12/h2-5,8,17H,7H2,1H3,(H2,16,18). The van der Waals surface area contributed by atoms with Crippen LogP contribution < -0.4 is 11.1 Å². The van der Waals surface area contributed by atoms with Crippen molar-refractivity contribution in [3.63, 3.8) is 0 Å². The quantitative estimate of drug-likeness (QED) is 0.897. The average Bonchev–Trinajstić information content (AvgIpc) is 2.85. The fourth-order valence-electron chi connectivity index (χ4n) is 1.73. The molecule has 2 aromatic rings.